The van der Waals surface area contributed by atoms with Gasteiger partial charge in [0.1, 0.15) is 0 Å². The van der Waals surface area contributed by atoms with Crippen LogP contribution in [0.4, 0.5) is 0 Å². The van der Waals surface area contributed by atoms with E-state index >= 15 is 0 Å². The van der Waals surface area contributed by atoms with Crippen molar-refractivity contribution in [2.24, 2.45) is 17.3 Å². The molecule has 0 N–H and O–H groups in total. The molecule has 1 rings (SSSR count). The summed E-state index contributed by atoms with van der Waals surface area (Å²) in [5.74, 6) is 1.98. The predicted molar refractivity (Wildman–Crippen MR) is 50.6 cm³/mol. The van der Waals surface area contributed by atoms with Crippen LogP contribution in [-0.4, -0.2) is 0 Å². The van der Waals surface area contributed by atoms with Crippen LogP contribution in [0.2, 0.25) is 0 Å². The Morgan fingerprint density at radius 2 is 2.00 bits per heavy atom. The smallest absolute Gasteiger partial charge is 0.0298 e. The largest absolute Gasteiger partial charge is 0.0651 e. The molecule has 66 valence electrons. The molecule has 0 heterocycles. The Bertz CT molecular complexity index is 128. The van der Waals surface area contributed by atoms with Crippen molar-refractivity contribution in [3.05, 3.63) is 0 Å². The fourth-order valence-electron chi connectivity index (χ4n) is 2.91. The van der Waals surface area contributed by atoms with Crippen LogP contribution >= 0.6 is 0 Å². The minimum Gasteiger partial charge on any atom is -0.0651 e. The van der Waals surface area contributed by atoms with Gasteiger partial charge in [0, 0.05) is 0 Å². The lowest BCUT2D eigenvalue weighted by atomic mass is 9.76. The molecular formula is C11H22. The summed E-state index contributed by atoms with van der Waals surface area (Å²) in [5.41, 5.74) is 0.675. The summed E-state index contributed by atoms with van der Waals surface area (Å²) in [6.07, 6.45) is 5.69. The topological polar surface area (TPSA) is 0 Å². The van der Waals surface area contributed by atoms with E-state index in [9.17, 15) is 0 Å². The number of hydrogen-bond donors (Lipinski definition) is 0. The molecule has 3 unspecified atom stereocenters. The molecule has 0 radical (unpaired) electrons. The van der Waals surface area contributed by atoms with E-state index in [0.29, 0.717) is 5.41 Å². The highest BCUT2D eigenvalue weighted by Gasteiger charge is 2.39. The molecule has 3 atom stereocenters. The van der Waals surface area contributed by atoms with Crippen LogP contribution < -0.4 is 0 Å². The average Bonchev–Trinajstić information content (AvgIpc) is 2.27. The van der Waals surface area contributed by atoms with Crippen molar-refractivity contribution in [1.29, 1.82) is 0 Å². The SMILES string of the molecule is CCC1CC(C)CC1(C)CC. The van der Waals surface area contributed by atoms with Crippen LogP contribution in [0.3, 0.4) is 0 Å². The summed E-state index contributed by atoms with van der Waals surface area (Å²) >= 11 is 0. The Hall–Kier alpha value is 0. The van der Waals surface area contributed by atoms with Crippen molar-refractivity contribution in [3.63, 3.8) is 0 Å². The second-order valence-electron chi connectivity index (χ2n) is 4.66. The van der Waals surface area contributed by atoms with E-state index in [-0.39, 0.29) is 0 Å². The second-order valence-corrected chi connectivity index (χ2v) is 4.66. The first-order chi connectivity index (χ1) is 5.12. The van der Waals surface area contributed by atoms with Crippen LogP contribution in [0, 0.1) is 17.3 Å². The van der Waals surface area contributed by atoms with Crippen molar-refractivity contribution in [2.75, 3.05) is 0 Å². The van der Waals surface area contributed by atoms with Gasteiger partial charge in [0.05, 0.1) is 0 Å². The first-order valence-electron chi connectivity index (χ1n) is 5.12. The molecule has 1 aliphatic rings. The molecule has 0 bridgehead atoms. The molecule has 0 aromatic carbocycles. The lowest BCUT2D eigenvalue weighted by Crippen LogP contribution is -2.19. The number of rotatable bonds is 2. The highest BCUT2D eigenvalue weighted by molar-refractivity contribution is 4.89. The summed E-state index contributed by atoms with van der Waals surface area (Å²) in [4.78, 5) is 0. The van der Waals surface area contributed by atoms with Crippen molar-refractivity contribution in [1.82, 2.24) is 0 Å². The number of hydrogen-bond acceptors (Lipinski definition) is 0. The monoisotopic (exact) mass is 154 g/mol. The lowest BCUT2D eigenvalue weighted by molar-refractivity contribution is 0.212. The quantitative estimate of drug-likeness (QED) is 0.566. The van der Waals surface area contributed by atoms with E-state index in [0.717, 1.165) is 11.8 Å². The predicted octanol–water partition coefficient (Wildman–Crippen LogP) is 3.86. The molecule has 11 heavy (non-hydrogen) atoms. The minimum absolute atomic E-state index is 0.675. The van der Waals surface area contributed by atoms with Crippen LogP contribution in [-0.2, 0) is 0 Å². The maximum absolute atomic E-state index is 2.48. The third kappa shape index (κ3) is 1.60. The van der Waals surface area contributed by atoms with Crippen LogP contribution in [0.15, 0.2) is 0 Å². The van der Waals surface area contributed by atoms with E-state index in [1.54, 1.807) is 0 Å². The summed E-state index contributed by atoms with van der Waals surface area (Å²) in [7, 11) is 0. The van der Waals surface area contributed by atoms with Gasteiger partial charge < -0.3 is 0 Å². The molecule has 0 aliphatic heterocycles. The van der Waals surface area contributed by atoms with Crippen molar-refractivity contribution in [2.45, 2.75) is 53.4 Å². The standard InChI is InChI=1S/C11H22/c1-5-10-7-9(3)8-11(10,4)6-2/h9-10H,5-8H2,1-4H3. The molecule has 0 amide bonds. The van der Waals surface area contributed by atoms with Crippen LogP contribution in [0.25, 0.3) is 0 Å². The maximum Gasteiger partial charge on any atom is -0.0298 e. The molecule has 0 nitrogen and oxygen atoms in total. The van der Waals surface area contributed by atoms with E-state index in [1.165, 1.54) is 25.7 Å². The van der Waals surface area contributed by atoms with Gasteiger partial charge in [-0.2, -0.15) is 0 Å². The van der Waals surface area contributed by atoms with E-state index < -0.39 is 0 Å². The zero-order valence-corrected chi connectivity index (χ0v) is 8.48. The van der Waals surface area contributed by atoms with Gasteiger partial charge in [-0.25, -0.2) is 0 Å². The van der Waals surface area contributed by atoms with Crippen molar-refractivity contribution < 1.29 is 0 Å². The third-order valence-electron chi connectivity index (χ3n) is 3.79. The van der Waals surface area contributed by atoms with Gasteiger partial charge in [0.2, 0.25) is 0 Å². The molecule has 0 aromatic heterocycles. The summed E-state index contributed by atoms with van der Waals surface area (Å²) in [6.45, 7) is 9.57. The van der Waals surface area contributed by atoms with Gasteiger partial charge in [0.25, 0.3) is 0 Å². The molecule has 1 fully saturated rings. The highest BCUT2D eigenvalue weighted by Crippen LogP contribution is 2.49. The Morgan fingerprint density at radius 1 is 1.36 bits per heavy atom. The molecule has 0 heteroatoms. The molecule has 0 spiro atoms. The highest BCUT2D eigenvalue weighted by atomic mass is 14.4. The first kappa shape index (κ1) is 9.09. The average molecular weight is 154 g/mol. The molecule has 0 aromatic rings. The second kappa shape index (κ2) is 3.16. The van der Waals surface area contributed by atoms with Gasteiger partial charge in [-0.1, -0.05) is 40.5 Å². The Morgan fingerprint density at radius 3 is 2.36 bits per heavy atom. The molecule has 0 saturated heterocycles. The third-order valence-corrected chi connectivity index (χ3v) is 3.79. The summed E-state index contributed by atoms with van der Waals surface area (Å²) in [6, 6.07) is 0. The Labute approximate surface area is 71.4 Å². The molecular weight excluding hydrogens is 132 g/mol. The Balaban J connectivity index is 2.63. The molecule has 1 saturated carbocycles. The summed E-state index contributed by atoms with van der Waals surface area (Å²) < 4.78 is 0. The van der Waals surface area contributed by atoms with Gasteiger partial charge in [0.15, 0.2) is 0 Å². The van der Waals surface area contributed by atoms with Crippen LogP contribution in [0.1, 0.15) is 53.4 Å². The van der Waals surface area contributed by atoms with Crippen molar-refractivity contribution >= 4 is 0 Å². The Kier molecular flexibility index (Phi) is 2.61. The van der Waals surface area contributed by atoms with Gasteiger partial charge >= 0.3 is 0 Å². The van der Waals surface area contributed by atoms with E-state index in [2.05, 4.69) is 27.7 Å². The van der Waals surface area contributed by atoms with Gasteiger partial charge in [-0.3, -0.25) is 0 Å². The normalized spacial score (nSPS) is 44.7. The van der Waals surface area contributed by atoms with E-state index in [4.69, 9.17) is 0 Å². The zero-order chi connectivity index (χ0) is 8.48. The van der Waals surface area contributed by atoms with E-state index in [1.807, 2.05) is 0 Å². The fourth-order valence-corrected chi connectivity index (χ4v) is 2.91. The van der Waals surface area contributed by atoms with Gasteiger partial charge in [-0.05, 0) is 30.1 Å². The van der Waals surface area contributed by atoms with Crippen molar-refractivity contribution in [3.8, 4) is 0 Å². The zero-order valence-electron chi connectivity index (χ0n) is 8.48. The maximum atomic E-state index is 2.48. The molecule has 1 aliphatic carbocycles. The van der Waals surface area contributed by atoms with Crippen LogP contribution in [0.5, 0.6) is 0 Å². The van der Waals surface area contributed by atoms with Gasteiger partial charge in [-0.15, -0.1) is 0 Å². The lowest BCUT2D eigenvalue weighted by Gasteiger charge is -2.29. The minimum atomic E-state index is 0.675. The summed E-state index contributed by atoms with van der Waals surface area (Å²) in [5, 5.41) is 0. The first-order valence-corrected chi connectivity index (χ1v) is 5.12. The fraction of sp³-hybridized carbons (Fsp3) is 1.00.